The molecule has 0 aliphatic carbocycles. The molecule has 2 N–H and O–H groups in total. The number of hydrogen-bond donors (Lipinski definition) is 2. The Morgan fingerprint density at radius 1 is 1.06 bits per heavy atom. The van der Waals surface area contributed by atoms with Gasteiger partial charge in [-0.1, -0.05) is 29.8 Å². The number of carbonyl (C=O) groups excluding carboxylic acids is 1. The van der Waals surface area contributed by atoms with Crippen molar-refractivity contribution in [2.24, 2.45) is 0 Å². The van der Waals surface area contributed by atoms with Crippen molar-refractivity contribution in [1.29, 1.82) is 0 Å². The lowest BCUT2D eigenvalue weighted by Gasteiger charge is -2.13. The van der Waals surface area contributed by atoms with Crippen molar-refractivity contribution in [3.8, 4) is 11.5 Å². The zero-order valence-corrected chi connectivity index (χ0v) is 19.0. The Morgan fingerprint density at radius 3 is 2.64 bits per heavy atom. The fraction of sp³-hybridized carbons (Fsp3) is 0.240. The first-order valence-electron chi connectivity index (χ1n) is 10.7. The second-order valence-electron chi connectivity index (χ2n) is 7.64. The van der Waals surface area contributed by atoms with Crippen LogP contribution in [0, 0.1) is 6.92 Å². The number of amides is 2. The molecule has 0 bridgehead atoms. The van der Waals surface area contributed by atoms with Gasteiger partial charge in [0.15, 0.2) is 5.65 Å². The summed E-state index contributed by atoms with van der Waals surface area (Å²) in [4.78, 5) is 21.8. The summed E-state index contributed by atoms with van der Waals surface area (Å²) in [7, 11) is 3.13. The number of aryl methyl sites for hydroxylation is 1. The van der Waals surface area contributed by atoms with E-state index in [2.05, 4.69) is 51.4 Å². The second-order valence-corrected chi connectivity index (χ2v) is 7.64. The molecule has 0 radical (unpaired) electrons. The summed E-state index contributed by atoms with van der Waals surface area (Å²) in [5.74, 6) is 2.05. The average molecular weight is 446 g/mol. The van der Waals surface area contributed by atoms with E-state index in [0.717, 1.165) is 17.0 Å². The van der Waals surface area contributed by atoms with E-state index < -0.39 is 0 Å². The molecule has 0 spiro atoms. The summed E-state index contributed by atoms with van der Waals surface area (Å²) in [6.45, 7) is 3.15. The molecule has 0 saturated heterocycles. The van der Waals surface area contributed by atoms with Crippen LogP contribution in [0.4, 0.5) is 10.5 Å². The van der Waals surface area contributed by atoms with Crippen molar-refractivity contribution in [2.75, 3.05) is 26.1 Å². The lowest BCUT2D eigenvalue weighted by Crippen LogP contribution is -2.31. The molecule has 0 saturated carbocycles. The molecule has 0 unspecified atom stereocenters. The van der Waals surface area contributed by atoms with Crippen molar-refractivity contribution in [3.05, 3.63) is 77.7 Å². The SMILES string of the molecule is COc1ccc(OC)c(NC(=O)NCCc2nc3cccnc3n2Cc2ccc(C)cc2)c1. The Morgan fingerprint density at radius 2 is 1.88 bits per heavy atom. The highest BCUT2D eigenvalue weighted by Gasteiger charge is 2.13. The molecule has 2 heterocycles. The van der Waals surface area contributed by atoms with Crippen molar-refractivity contribution < 1.29 is 14.3 Å². The Labute approximate surface area is 192 Å². The highest BCUT2D eigenvalue weighted by atomic mass is 16.5. The number of rotatable bonds is 8. The topological polar surface area (TPSA) is 90.3 Å². The number of hydrogen-bond acceptors (Lipinski definition) is 5. The maximum absolute atomic E-state index is 12.5. The quantitative estimate of drug-likeness (QED) is 0.425. The Kier molecular flexibility index (Phi) is 6.73. The first kappa shape index (κ1) is 22.1. The molecular formula is C25H27N5O3. The van der Waals surface area contributed by atoms with E-state index in [0.29, 0.717) is 36.7 Å². The molecule has 2 aromatic carbocycles. The Bertz CT molecular complexity index is 1250. The van der Waals surface area contributed by atoms with E-state index >= 15 is 0 Å². The van der Waals surface area contributed by atoms with Gasteiger partial charge in [-0.25, -0.2) is 14.8 Å². The van der Waals surface area contributed by atoms with Gasteiger partial charge < -0.3 is 24.7 Å². The predicted molar refractivity (Wildman–Crippen MR) is 128 cm³/mol. The first-order chi connectivity index (χ1) is 16.1. The average Bonchev–Trinajstić information content (AvgIpc) is 3.17. The molecule has 8 heteroatoms. The summed E-state index contributed by atoms with van der Waals surface area (Å²) in [5.41, 5.74) is 4.59. The van der Waals surface area contributed by atoms with Gasteiger partial charge in [-0.05, 0) is 36.8 Å². The van der Waals surface area contributed by atoms with E-state index in [1.165, 1.54) is 11.1 Å². The zero-order valence-electron chi connectivity index (χ0n) is 19.0. The lowest BCUT2D eigenvalue weighted by atomic mass is 10.1. The number of nitrogens with zero attached hydrogens (tertiary/aromatic N) is 3. The fourth-order valence-corrected chi connectivity index (χ4v) is 3.60. The molecule has 0 atom stereocenters. The van der Waals surface area contributed by atoms with Crippen molar-refractivity contribution >= 4 is 22.9 Å². The maximum Gasteiger partial charge on any atom is 0.319 e. The van der Waals surface area contributed by atoms with Crippen molar-refractivity contribution in [2.45, 2.75) is 19.9 Å². The number of carbonyl (C=O) groups is 1. The molecule has 0 aliphatic rings. The van der Waals surface area contributed by atoms with E-state index in [1.807, 2.05) is 12.1 Å². The van der Waals surface area contributed by atoms with Crippen LogP contribution in [0.15, 0.2) is 60.8 Å². The van der Waals surface area contributed by atoms with Gasteiger partial charge in [0, 0.05) is 25.2 Å². The minimum atomic E-state index is -0.333. The minimum Gasteiger partial charge on any atom is -0.497 e. The molecule has 2 amide bonds. The standard InChI is InChI=1S/C25H27N5O3/c1-17-6-8-18(9-7-17)16-30-23(28-20-5-4-13-26-24(20)30)12-14-27-25(31)29-21-15-19(32-2)10-11-22(21)33-3/h4-11,13,15H,12,14,16H2,1-3H3,(H2,27,29,31). The summed E-state index contributed by atoms with van der Waals surface area (Å²) < 4.78 is 12.6. The number of fused-ring (bicyclic) bond motifs is 1. The number of imidazole rings is 1. The summed E-state index contributed by atoms with van der Waals surface area (Å²) in [6.07, 6.45) is 2.33. The van der Waals surface area contributed by atoms with Crippen molar-refractivity contribution in [3.63, 3.8) is 0 Å². The number of nitrogens with one attached hydrogen (secondary N) is 2. The first-order valence-corrected chi connectivity index (χ1v) is 10.7. The van der Waals surface area contributed by atoms with Crippen LogP contribution in [-0.4, -0.2) is 41.3 Å². The number of anilines is 1. The number of methoxy groups -OCH3 is 2. The normalized spacial score (nSPS) is 10.8. The third-order valence-electron chi connectivity index (χ3n) is 5.33. The molecular weight excluding hydrogens is 418 g/mol. The molecule has 0 aliphatic heterocycles. The molecule has 4 rings (SSSR count). The van der Waals surface area contributed by atoms with Gasteiger partial charge in [0.25, 0.3) is 0 Å². The number of benzene rings is 2. The molecule has 4 aromatic rings. The van der Waals surface area contributed by atoms with Gasteiger partial charge in [0.2, 0.25) is 0 Å². The highest BCUT2D eigenvalue weighted by molar-refractivity contribution is 5.91. The van der Waals surface area contributed by atoms with Gasteiger partial charge in [-0.3, -0.25) is 0 Å². The van der Waals surface area contributed by atoms with Crippen LogP contribution >= 0.6 is 0 Å². The maximum atomic E-state index is 12.5. The Balaban J connectivity index is 1.45. The number of ether oxygens (including phenoxy) is 2. The molecule has 33 heavy (non-hydrogen) atoms. The molecule has 170 valence electrons. The van der Waals surface area contributed by atoms with Crippen molar-refractivity contribution in [1.82, 2.24) is 19.9 Å². The monoisotopic (exact) mass is 445 g/mol. The number of aromatic nitrogens is 3. The van der Waals surface area contributed by atoms with Crippen LogP contribution in [-0.2, 0) is 13.0 Å². The Hall–Kier alpha value is -4.07. The lowest BCUT2D eigenvalue weighted by molar-refractivity contribution is 0.252. The van der Waals surface area contributed by atoms with Gasteiger partial charge >= 0.3 is 6.03 Å². The predicted octanol–water partition coefficient (Wildman–Crippen LogP) is 4.17. The highest BCUT2D eigenvalue weighted by Crippen LogP contribution is 2.28. The van der Waals surface area contributed by atoms with E-state index in [-0.39, 0.29) is 6.03 Å². The second kappa shape index (κ2) is 10.0. The van der Waals surface area contributed by atoms with Crippen LogP contribution in [0.1, 0.15) is 17.0 Å². The molecule has 8 nitrogen and oxygen atoms in total. The van der Waals surface area contributed by atoms with Gasteiger partial charge in [0.1, 0.15) is 22.8 Å². The summed E-state index contributed by atoms with van der Waals surface area (Å²) >= 11 is 0. The van der Waals surface area contributed by atoms with Gasteiger partial charge in [-0.2, -0.15) is 0 Å². The van der Waals surface area contributed by atoms with Crippen LogP contribution < -0.4 is 20.1 Å². The third kappa shape index (κ3) is 5.23. The molecule has 2 aromatic heterocycles. The van der Waals surface area contributed by atoms with Crippen LogP contribution in [0.25, 0.3) is 11.2 Å². The smallest absolute Gasteiger partial charge is 0.319 e. The van der Waals surface area contributed by atoms with Gasteiger partial charge in [0.05, 0.1) is 26.5 Å². The van der Waals surface area contributed by atoms with Crippen LogP contribution in [0.5, 0.6) is 11.5 Å². The van der Waals surface area contributed by atoms with Crippen LogP contribution in [0.2, 0.25) is 0 Å². The summed E-state index contributed by atoms with van der Waals surface area (Å²) in [5, 5.41) is 5.71. The largest absolute Gasteiger partial charge is 0.497 e. The van der Waals surface area contributed by atoms with Gasteiger partial charge in [-0.15, -0.1) is 0 Å². The minimum absolute atomic E-state index is 0.333. The van der Waals surface area contributed by atoms with E-state index in [1.54, 1.807) is 38.6 Å². The van der Waals surface area contributed by atoms with Crippen LogP contribution in [0.3, 0.4) is 0 Å². The number of urea groups is 1. The molecule has 0 fully saturated rings. The van der Waals surface area contributed by atoms with E-state index in [9.17, 15) is 4.79 Å². The number of pyridine rings is 1. The summed E-state index contributed by atoms with van der Waals surface area (Å²) in [6, 6.07) is 17.1. The fourth-order valence-electron chi connectivity index (χ4n) is 3.60. The third-order valence-corrected chi connectivity index (χ3v) is 5.33. The zero-order chi connectivity index (χ0) is 23.2. The van der Waals surface area contributed by atoms with E-state index in [4.69, 9.17) is 14.5 Å².